The zero-order chi connectivity index (χ0) is 10.7. The summed E-state index contributed by atoms with van der Waals surface area (Å²) in [5.74, 6) is 5.91. The molecule has 0 spiro atoms. The quantitative estimate of drug-likeness (QED) is 0.526. The first kappa shape index (κ1) is 9.98. The largest absolute Gasteiger partial charge is 0.303 e. The lowest BCUT2D eigenvalue weighted by Gasteiger charge is -2.17. The van der Waals surface area contributed by atoms with Crippen molar-refractivity contribution >= 4 is 6.29 Å². The summed E-state index contributed by atoms with van der Waals surface area (Å²) >= 11 is 0. The predicted molar refractivity (Wildman–Crippen MR) is 60.4 cm³/mol. The first-order valence-electron chi connectivity index (χ1n) is 5.22. The Labute approximate surface area is 90.5 Å². The minimum Gasteiger partial charge on any atom is -0.303 e. The second-order valence-corrected chi connectivity index (χ2v) is 4.21. The molecule has 1 heteroatoms. The van der Waals surface area contributed by atoms with Gasteiger partial charge in [-0.15, -0.1) is 11.8 Å². The summed E-state index contributed by atoms with van der Waals surface area (Å²) < 4.78 is 0. The molecule has 1 aliphatic carbocycles. The third kappa shape index (κ3) is 1.80. The Morgan fingerprint density at radius 2 is 1.93 bits per heavy atom. The predicted octanol–water partition coefficient (Wildman–Crippen LogP) is 2.38. The summed E-state index contributed by atoms with van der Waals surface area (Å²) in [5.41, 5.74) is 2.36. The zero-order valence-electron chi connectivity index (χ0n) is 8.92. The minimum absolute atomic E-state index is 0.257. The van der Waals surface area contributed by atoms with Gasteiger partial charge in [0.1, 0.15) is 6.29 Å². The normalized spacial score (nSPS) is 16.3. The van der Waals surface area contributed by atoms with E-state index in [0.29, 0.717) is 6.42 Å². The van der Waals surface area contributed by atoms with Crippen LogP contribution in [-0.4, -0.2) is 6.29 Å². The molecule has 1 aromatic carbocycles. The fraction of sp³-hybridized carbons (Fsp3) is 0.357. The summed E-state index contributed by atoms with van der Waals surface area (Å²) in [4.78, 5) is 11.2. The summed E-state index contributed by atoms with van der Waals surface area (Å²) in [6.07, 6.45) is 3.47. The van der Waals surface area contributed by atoms with Gasteiger partial charge in [-0.3, -0.25) is 0 Å². The maximum absolute atomic E-state index is 11.2. The van der Waals surface area contributed by atoms with Crippen LogP contribution in [0.15, 0.2) is 24.3 Å². The Balaban J connectivity index is 2.27. The fourth-order valence-corrected chi connectivity index (χ4v) is 2.24. The van der Waals surface area contributed by atoms with Gasteiger partial charge in [0.05, 0.1) is 0 Å². The second-order valence-electron chi connectivity index (χ2n) is 4.21. The van der Waals surface area contributed by atoms with Crippen LogP contribution in [0.25, 0.3) is 0 Å². The van der Waals surface area contributed by atoms with E-state index in [4.69, 9.17) is 0 Å². The van der Waals surface area contributed by atoms with Crippen molar-refractivity contribution in [1.29, 1.82) is 0 Å². The number of aldehydes is 1. The van der Waals surface area contributed by atoms with E-state index in [1.807, 2.05) is 19.1 Å². The number of fused-ring (bicyclic) bond motifs is 1. The van der Waals surface area contributed by atoms with Crippen molar-refractivity contribution in [1.82, 2.24) is 0 Å². The van der Waals surface area contributed by atoms with Crippen molar-refractivity contribution in [2.45, 2.75) is 26.2 Å². The Bertz CT molecular complexity index is 409. The Morgan fingerprint density at radius 1 is 1.33 bits per heavy atom. The van der Waals surface area contributed by atoms with E-state index in [2.05, 4.69) is 24.0 Å². The molecule has 0 aliphatic heterocycles. The number of hydrogen-bond acceptors (Lipinski definition) is 1. The number of hydrogen-bond donors (Lipinski definition) is 0. The van der Waals surface area contributed by atoms with Crippen molar-refractivity contribution < 1.29 is 4.79 Å². The van der Waals surface area contributed by atoms with Gasteiger partial charge in [0.25, 0.3) is 0 Å². The van der Waals surface area contributed by atoms with Crippen molar-refractivity contribution in [3.63, 3.8) is 0 Å². The number of rotatable bonds is 2. The van der Waals surface area contributed by atoms with Crippen LogP contribution in [0.5, 0.6) is 0 Å². The van der Waals surface area contributed by atoms with Gasteiger partial charge in [0, 0.05) is 11.8 Å². The molecule has 0 unspecified atom stereocenters. The molecule has 0 heterocycles. The molecule has 76 valence electrons. The number of carbonyl (C=O) groups is 1. The molecule has 15 heavy (non-hydrogen) atoms. The zero-order valence-corrected chi connectivity index (χ0v) is 8.92. The van der Waals surface area contributed by atoms with Crippen LogP contribution in [0.3, 0.4) is 0 Å². The molecule has 0 saturated heterocycles. The van der Waals surface area contributed by atoms with Gasteiger partial charge in [-0.1, -0.05) is 24.3 Å². The maximum Gasteiger partial charge on any atom is 0.127 e. The van der Waals surface area contributed by atoms with Gasteiger partial charge < -0.3 is 4.79 Å². The van der Waals surface area contributed by atoms with Crippen LogP contribution < -0.4 is 0 Å². The van der Waals surface area contributed by atoms with Crippen LogP contribution in [0, 0.1) is 17.3 Å². The third-order valence-electron chi connectivity index (χ3n) is 3.07. The van der Waals surface area contributed by atoms with E-state index in [1.54, 1.807) is 0 Å². The standard InChI is InChI=1S/C14H14O/c1-2-3-8-14(11-15)9-12-6-4-5-7-13(12)10-14/h4-7,11H,8-10H2,1H3. The molecule has 0 N–H and O–H groups in total. The first-order valence-corrected chi connectivity index (χ1v) is 5.22. The second kappa shape index (κ2) is 3.90. The lowest BCUT2D eigenvalue weighted by atomic mass is 9.83. The molecule has 0 fully saturated rings. The highest BCUT2D eigenvalue weighted by atomic mass is 16.1. The fourth-order valence-electron chi connectivity index (χ4n) is 2.24. The molecule has 0 aromatic heterocycles. The lowest BCUT2D eigenvalue weighted by Crippen LogP contribution is -2.22. The lowest BCUT2D eigenvalue weighted by molar-refractivity contribution is -0.115. The summed E-state index contributed by atoms with van der Waals surface area (Å²) in [6, 6.07) is 8.29. The number of benzene rings is 1. The third-order valence-corrected chi connectivity index (χ3v) is 3.07. The van der Waals surface area contributed by atoms with Crippen molar-refractivity contribution in [3.8, 4) is 11.8 Å². The van der Waals surface area contributed by atoms with Crippen molar-refractivity contribution in [2.75, 3.05) is 0 Å². The minimum atomic E-state index is -0.257. The van der Waals surface area contributed by atoms with Gasteiger partial charge in [0.2, 0.25) is 0 Å². The van der Waals surface area contributed by atoms with E-state index in [1.165, 1.54) is 11.1 Å². The molecule has 0 bridgehead atoms. The summed E-state index contributed by atoms with van der Waals surface area (Å²) in [6.45, 7) is 1.82. The molecule has 0 saturated carbocycles. The van der Waals surface area contributed by atoms with Crippen LogP contribution >= 0.6 is 0 Å². The SMILES string of the molecule is CC#CCC1(C=O)Cc2ccccc2C1. The van der Waals surface area contributed by atoms with Crippen molar-refractivity contribution in [2.24, 2.45) is 5.41 Å². The maximum atomic E-state index is 11.2. The monoisotopic (exact) mass is 198 g/mol. The molecule has 2 rings (SSSR count). The van der Waals surface area contributed by atoms with Gasteiger partial charge >= 0.3 is 0 Å². The average molecular weight is 198 g/mol. The van der Waals surface area contributed by atoms with Gasteiger partial charge in [0.15, 0.2) is 0 Å². The molecule has 0 amide bonds. The molecular formula is C14H14O. The highest BCUT2D eigenvalue weighted by Crippen LogP contribution is 2.37. The smallest absolute Gasteiger partial charge is 0.127 e. The van der Waals surface area contributed by atoms with E-state index in [-0.39, 0.29) is 5.41 Å². The summed E-state index contributed by atoms with van der Waals surface area (Å²) in [7, 11) is 0. The summed E-state index contributed by atoms with van der Waals surface area (Å²) in [5, 5.41) is 0. The highest BCUT2D eigenvalue weighted by molar-refractivity contribution is 5.64. The topological polar surface area (TPSA) is 17.1 Å². The van der Waals surface area contributed by atoms with E-state index in [0.717, 1.165) is 19.1 Å². The molecule has 0 radical (unpaired) electrons. The molecule has 1 aliphatic rings. The molecular weight excluding hydrogens is 184 g/mol. The molecule has 1 aromatic rings. The van der Waals surface area contributed by atoms with E-state index < -0.39 is 0 Å². The van der Waals surface area contributed by atoms with E-state index >= 15 is 0 Å². The van der Waals surface area contributed by atoms with Crippen molar-refractivity contribution in [3.05, 3.63) is 35.4 Å². The molecule has 0 atom stereocenters. The van der Waals surface area contributed by atoms with Gasteiger partial charge in [-0.05, 0) is 30.9 Å². The Kier molecular flexibility index (Phi) is 2.60. The Morgan fingerprint density at radius 3 is 2.40 bits per heavy atom. The van der Waals surface area contributed by atoms with Crippen LogP contribution in [-0.2, 0) is 17.6 Å². The average Bonchev–Trinajstić information content (AvgIpc) is 2.65. The van der Waals surface area contributed by atoms with E-state index in [9.17, 15) is 4.79 Å². The van der Waals surface area contributed by atoms with Crippen LogP contribution in [0.4, 0.5) is 0 Å². The van der Waals surface area contributed by atoms with Crippen LogP contribution in [0.2, 0.25) is 0 Å². The Hall–Kier alpha value is -1.55. The van der Waals surface area contributed by atoms with Gasteiger partial charge in [-0.2, -0.15) is 0 Å². The first-order chi connectivity index (χ1) is 7.29. The molecule has 1 nitrogen and oxygen atoms in total. The van der Waals surface area contributed by atoms with Crippen LogP contribution in [0.1, 0.15) is 24.5 Å². The number of carbonyl (C=O) groups excluding carboxylic acids is 1. The van der Waals surface area contributed by atoms with Gasteiger partial charge in [-0.25, -0.2) is 0 Å². The highest BCUT2D eigenvalue weighted by Gasteiger charge is 2.36.